The van der Waals surface area contributed by atoms with Gasteiger partial charge in [-0.05, 0) is 37.6 Å². The minimum Gasteiger partial charge on any atom is -0.320 e. The lowest BCUT2D eigenvalue weighted by Gasteiger charge is -2.07. The van der Waals surface area contributed by atoms with Crippen LogP contribution in [0.25, 0.3) is 5.52 Å². The van der Waals surface area contributed by atoms with Crippen LogP contribution in [-0.4, -0.2) is 15.5 Å². The molecule has 0 aliphatic carbocycles. The van der Waals surface area contributed by atoms with E-state index in [0.29, 0.717) is 10.5 Å². The second-order valence-corrected chi connectivity index (χ2v) is 5.34. The largest absolute Gasteiger partial charge is 0.320 e. The minimum atomic E-state index is -0.310. The van der Waals surface area contributed by atoms with Crippen LogP contribution >= 0.6 is 11.6 Å². The summed E-state index contributed by atoms with van der Waals surface area (Å²) >= 11 is 6.24. The fraction of sp³-hybridized carbons (Fsp3) is 0.125. The van der Waals surface area contributed by atoms with E-state index in [0.717, 1.165) is 16.8 Å². The van der Waals surface area contributed by atoms with Gasteiger partial charge >= 0.3 is 0 Å². The van der Waals surface area contributed by atoms with Gasteiger partial charge in [-0.25, -0.2) is 4.52 Å². The third-order valence-electron chi connectivity index (χ3n) is 3.33. The van der Waals surface area contributed by atoms with Gasteiger partial charge in [0.1, 0.15) is 0 Å². The Morgan fingerprint density at radius 3 is 2.76 bits per heavy atom. The highest BCUT2D eigenvalue weighted by Crippen LogP contribution is 2.23. The Labute approximate surface area is 127 Å². The standard InChI is InChI=1S/C16H14ClN3O/c1-10-6-7-12(11(2)9-10)18-16(21)15-14(17)13-5-3-4-8-20(13)19-15/h3-9H,1-2H3,(H,18,21). The van der Waals surface area contributed by atoms with Crippen LogP contribution in [0.2, 0.25) is 5.02 Å². The number of pyridine rings is 1. The number of aromatic nitrogens is 2. The third-order valence-corrected chi connectivity index (χ3v) is 3.70. The zero-order chi connectivity index (χ0) is 15.0. The monoisotopic (exact) mass is 299 g/mol. The molecule has 0 fully saturated rings. The average molecular weight is 300 g/mol. The number of aryl methyl sites for hydroxylation is 2. The predicted octanol–water partition coefficient (Wildman–Crippen LogP) is 3.86. The van der Waals surface area contributed by atoms with Crippen LogP contribution in [0.3, 0.4) is 0 Å². The molecule has 2 aromatic heterocycles. The molecule has 5 heteroatoms. The van der Waals surface area contributed by atoms with Crippen molar-refractivity contribution in [2.45, 2.75) is 13.8 Å². The lowest BCUT2D eigenvalue weighted by molar-refractivity contribution is 0.102. The lowest BCUT2D eigenvalue weighted by atomic mass is 10.1. The van der Waals surface area contributed by atoms with Crippen LogP contribution in [0, 0.1) is 13.8 Å². The molecule has 0 atom stereocenters. The summed E-state index contributed by atoms with van der Waals surface area (Å²) in [5, 5.41) is 7.44. The average Bonchev–Trinajstić information content (AvgIpc) is 2.80. The van der Waals surface area contributed by atoms with E-state index in [4.69, 9.17) is 11.6 Å². The summed E-state index contributed by atoms with van der Waals surface area (Å²) in [5.74, 6) is -0.310. The Morgan fingerprint density at radius 1 is 1.24 bits per heavy atom. The number of nitrogens with zero attached hydrogens (tertiary/aromatic N) is 2. The van der Waals surface area contributed by atoms with Gasteiger partial charge in [-0.2, -0.15) is 5.10 Å². The maximum Gasteiger partial charge on any atom is 0.277 e. The summed E-state index contributed by atoms with van der Waals surface area (Å²) in [5.41, 5.74) is 3.85. The highest BCUT2D eigenvalue weighted by atomic mass is 35.5. The smallest absolute Gasteiger partial charge is 0.277 e. The lowest BCUT2D eigenvalue weighted by Crippen LogP contribution is -2.14. The van der Waals surface area contributed by atoms with Crippen molar-refractivity contribution in [3.63, 3.8) is 0 Å². The summed E-state index contributed by atoms with van der Waals surface area (Å²) in [6.45, 7) is 3.96. The number of amides is 1. The van der Waals surface area contributed by atoms with Gasteiger partial charge in [-0.1, -0.05) is 35.4 Å². The molecule has 0 bridgehead atoms. The second-order valence-electron chi connectivity index (χ2n) is 4.97. The normalized spacial score (nSPS) is 10.8. The molecule has 21 heavy (non-hydrogen) atoms. The van der Waals surface area contributed by atoms with Crippen LogP contribution in [0.4, 0.5) is 5.69 Å². The van der Waals surface area contributed by atoms with Crippen molar-refractivity contribution in [3.8, 4) is 0 Å². The number of carbonyl (C=O) groups excluding carboxylic acids is 1. The summed E-state index contributed by atoms with van der Waals surface area (Å²) in [7, 11) is 0. The van der Waals surface area contributed by atoms with Crippen LogP contribution in [0.5, 0.6) is 0 Å². The van der Waals surface area contributed by atoms with Gasteiger partial charge < -0.3 is 5.32 Å². The summed E-state index contributed by atoms with van der Waals surface area (Å²) < 4.78 is 1.60. The van der Waals surface area contributed by atoms with Gasteiger partial charge in [0.25, 0.3) is 5.91 Å². The van der Waals surface area contributed by atoms with E-state index in [-0.39, 0.29) is 11.6 Å². The van der Waals surface area contributed by atoms with Crippen molar-refractivity contribution in [2.75, 3.05) is 5.32 Å². The molecule has 0 aliphatic heterocycles. The molecule has 1 N–H and O–H groups in total. The maximum absolute atomic E-state index is 12.4. The summed E-state index contributed by atoms with van der Waals surface area (Å²) in [6.07, 6.45) is 1.76. The van der Waals surface area contributed by atoms with Gasteiger partial charge in [-0.15, -0.1) is 0 Å². The molecule has 0 unspecified atom stereocenters. The Bertz CT molecular complexity index is 839. The van der Waals surface area contributed by atoms with E-state index < -0.39 is 0 Å². The number of nitrogens with one attached hydrogen (secondary N) is 1. The SMILES string of the molecule is Cc1ccc(NC(=O)c2nn3ccccc3c2Cl)c(C)c1. The summed E-state index contributed by atoms with van der Waals surface area (Å²) in [4.78, 5) is 12.4. The molecular weight excluding hydrogens is 286 g/mol. The first-order valence-electron chi connectivity index (χ1n) is 6.58. The number of fused-ring (bicyclic) bond motifs is 1. The minimum absolute atomic E-state index is 0.225. The molecule has 0 saturated heterocycles. The van der Waals surface area contributed by atoms with Crippen molar-refractivity contribution in [2.24, 2.45) is 0 Å². The van der Waals surface area contributed by atoms with Gasteiger partial charge in [-0.3, -0.25) is 4.79 Å². The highest BCUT2D eigenvalue weighted by molar-refractivity contribution is 6.37. The number of hydrogen-bond donors (Lipinski definition) is 1. The van der Waals surface area contributed by atoms with Crippen molar-refractivity contribution >= 4 is 28.7 Å². The first-order chi connectivity index (χ1) is 10.1. The fourth-order valence-electron chi connectivity index (χ4n) is 2.25. The van der Waals surface area contributed by atoms with Crippen LogP contribution in [0.1, 0.15) is 21.6 Å². The van der Waals surface area contributed by atoms with Crippen molar-refractivity contribution < 1.29 is 4.79 Å². The number of benzene rings is 1. The zero-order valence-corrected chi connectivity index (χ0v) is 12.5. The van der Waals surface area contributed by atoms with Crippen LogP contribution in [-0.2, 0) is 0 Å². The highest BCUT2D eigenvalue weighted by Gasteiger charge is 2.18. The molecule has 0 aliphatic rings. The van der Waals surface area contributed by atoms with E-state index in [1.54, 1.807) is 10.7 Å². The topological polar surface area (TPSA) is 46.4 Å². The number of anilines is 1. The molecule has 4 nitrogen and oxygen atoms in total. The molecule has 106 valence electrons. The van der Waals surface area contributed by atoms with Gasteiger partial charge in [0.05, 0.1) is 10.5 Å². The van der Waals surface area contributed by atoms with Crippen LogP contribution in [0.15, 0.2) is 42.6 Å². The molecule has 0 saturated carbocycles. The predicted molar refractivity (Wildman–Crippen MR) is 84.1 cm³/mol. The van der Waals surface area contributed by atoms with Crippen LogP contribution < -0.4 is 5.32 Å². The number of rotatable bonds is 2. The van der Waals surface area contributed by atoms with Crippen molar-refractivity contribution in [1.82, 2.24) is 9.61 Å². The second kappa shape index (κ2) is 5.22. The Hall–Kier alpha value is -2.33. The van der Waals surface area contributed by atoms with Gasteiger partial charge in [0.2, 0.25) is 0 Å². The fourth-order valence-corrected chi connectivity index (χ4v) is 2.52. The Morgan fingerprint density at radius 2 is 2.05 bits per heavy atom. The van der Waals surface area contributed by atoms with Gasteiger partial charge in [0.15, 0.2) is 5.69 Å². The third kappa shape index (κ3) is 2.50. The Kier molecular flexibility index (Phi) is 3.39. The number of hydrogen-bond acceptors (Lipinski definition) is 2. The van der Waals surface area contributed by atoms with E-state index >= 15 is 0 Å². The van der Waals surface area contributed by atoms with Crippen molar-refractivity contribution in [3.05, 3.63) is 64.4 Å². The van der Waals surface area contributed by atoms with E-state index in [2.05, 4.69) is 10.4 Å². The molecule has 1 aromatic carbocycles. The molecule has 2 heterocycles. The first-order valence-corrected chi connectivity index (χ1v) is 6.95. The zero-order valence-electron chi connectivity index (χ0n) is 11.7. The molecule has 3 rings (SSSR count). The molecular formula is C16H14ClN3O. The molecule has 1 amide bonds. The maximum atomic E-state index is 12.4. The first kappa shape index (κ1) is 13.6. The number of halogens is 1. The molecule has 3 aromatic rings. The van der Waals surface area contributed by atoms with Crippen molar-refractivity contribution in [1.29, 1.82) is 0 Å². The molecule has 0 spiro atoms. The molecule has 0 radical (unpaired) electrons. The quantitative estimate of drug-likeness (QED) is 0.781. The summed E-state index contributed by atoms with van der Waals surface area (Å²) in [6, 6.07) is 11.4. The van der Waals surface area contributed by atoms with E-state index in [1.807, 2.05) is 50.2 Å². The van der Waals surface area contributed by atoms with E-state index in [9.17, 15) is 4.79 Å². The number of carbonyl (C=O) groups is 1. The van der Waals surface area contributed by atoms with E-state index in [1.165, 1.54) is 0 Å². The Balaban J connectivity index is 1.95. The van der Waals surface area contributed by atoms with Gasteiger partial charge in [0, 0.05) is 11.9 Å².